The van der Waals surface area contributed by atoms with Crippen molar-refractivity contribution in [3.05, 3.63) is 194 Å². The van der Waals surface area contributed by atoms with E-state index in [1.807, 2.05) is 12.2 Å². The number of carbonyl (C=O) groups excluding carboxylic acids is 3. The number of ether oxygens (including phenoxy) is 3. The first-order chi connectivity index (χ1) is 41.0. The van der Waals surface area contributed by atoms with E-state index in [0.717, 1.165) is 167 Å². The highest BCUT2D eigenvalue weighted by Gasteiger charge is 2.19. The Morgan fingerprint density at radius 1 is 0.253 bits per heavy atom. The second kappa shape index (κ2) is 68.7. The summed E-state index contributed by atoms with van der Waals surface area (Å²) in [5, 5.41) is 0. The molecule has 6 nitrogen and oxygen atoms in total. The molecule has 0 fully saturated rings. The normalized spacial score (nSPS) is 13.4. The van der Waals surface area contributed by atoms with Gasteiger partial charge in [-0.2, -0.15) is 0 Å². The highest BCUT2D eigenvalue weighted by Crippen LogP contribution is 2.13. The van der Waals surface area contributed by atoms with Crippen molar-refractivity contribution < 1.29 is 28.6 Å². The first-order valence-corrected chi connectivity index (χ1v) is 32.9. The van der Waals surface area contributed by atoms with Crippen LogP contribution in [0.5, 0.6) is 0 Å². The van der Waals surface area contributed by atoms with Crippen LogP contribution >= 0.6 is 0 Å². The van der Waals surface area contributed by atoms with E-state index in [1.165, 1.54) is 38.5 Å². The Labute approximate surface area is 509 Å². The van der Waals surface area contributed by atoms with Crippen LogP contribution in [-0.4, -0.2) is 37.2 Å². The van der Waals surface area contributed by atoms with Crippen LogP contribution in [0.2, 0.25) is 0 Å². The van der Waals surface area contributed by atoms with Crippen molar-refractivity contribution in [2.45, 2.75) is 258 Å². The van der Waals surface area contributed by atoms with Crippen molar-refractivity contribution in [2.24, 2.45) is 0 Å². The fourth-order valence-electron chi connectivity index (χ4n) is 8.22. The third kappa shape index (κ3) is 66.9. The van der Waals surface area contributed by atoms with Gasteiger partial charge in [-0.15, -0.1) is 0 Å². The quantitative estimate of drug-likeness (QED) is 0.0261. The SMILES string of the molecule is CC/C=C\C/C=C\C/C=C\C/C=C\C/C=C\C/C=C\C/C=C\C/C=C\C/C=C\CCCCCCCC(=O)OCC(COC(=O)CCCCCCC/C=C\CCCCCC)OC(=O)CC/C=C\C/C=C\C/C=C\C/C=C\C/C=C\C/C=C\CC. The predicted octanol–water partition coefficient (Wildman–Crippen LogP) is 23.0. The third-order valence-corrected chi connectivity index (χ3v) is 13.1. The van der Waals surface area contributed by atoms with Crippen LogP contribution < -0.4 is 0 Å². The van der Waals surface area contributed by atoms with Crippen LogP contribution in [-0.2, 0) is 28.6 Å². The number of unbranched alkanes of at least 4 members (excludes halogenated alkanes) is 14. The Balaban J connectivity index is 4.46. The molecule has 0 aliphatic heterocycles. The molecular formula is C77H118O6. The fraction of sp³-hybridized carbons (Fsp3) is 0.545. The van der Waals surface area contributed by atoms with Gasteiger partial charge in [-0.05, 0) is 154 Å². The average molecular weight is 1140 g/mol. The molecule has 0 spiro atoms. The minimum absolute atomic E-state index is 0.128. The summed E-state index contributed by atoms with van der Waals surface area (Å²) in [6.07, 6.45) is 105. The number of esters is 3. The smallest absolute Gasteiger partial charge is 0.306 e. The van der Waals surface area contributed by atoms with E-state index < -0.39 is 12.1 Å². The van der Waals surface area contributed by atoms with Crippen LogP contribution in [0.1, 0.15) is 252 Å². The lowest BCUT2D eigenvalue weighted by atomic mass is 10.1. The number of hydrogen-bond donors (Lipinski definition) is 0. The minimum Gasteiger partial charge on any atom is -0.462 e. The number of rotatable bonds is 57. The first-order valence-electron chi connectivity index (χ1n) is 32.9. The molecule has 0 aliphatic rings. The summed E-state index contributed by atoms with van der Waals surface area (Å²) < 4.78 is 16.8. The zero-order valence-electron chi connectivity index (χ0n) is 52.9. The van der Waals surface area contributed by atoms with Gasteiger partial charge in [0, 0.05) is 19.3 Å². The minimum atomic E-state index is -0.842. The van der Waals surface area contributed by atoms with Crippen molar-refractivity contribution in [3.8, 4) is 0 Å². The summed E-state index contributed by atoms with van der Waals surface area (Å²) in [5.41, 5.74) is 0. The second-order valence-corrected chi connectivity index (χ2v) is 20.9. The summed E-state index contributed by atoms with van der Waals surface area (Å²) in [6, 6.07) is 0. The molecule has 0 radical (unpaired) electrons. The molecule has 0 saturated heterocycles. The molecular weight excluding hydrogens is 1020 g/mol. The van der Waals surface area contributed by atoms with Gasteiger partial charge < -0.3 is 14.2 Å². The second-order valence-electron chi connectivity index (χ2n) is 20.9. The van der Waals surface area contributed by atoms with Crippen LogP contribution in [0.3, 0.4) is 0 Å². The highest BCUT2D eigenvalue weighted by atomic mass is 16.6. The topological polar surface area (TPSA) is 78.9 Å². The lowest BCUT2D eigenvalue weighted by Gasteiger charge is -2.18. The zero-order chi connectivity index (χ0) is 59.9. The van der Waals surface area contributed by atoms with Gasteiger partial charge in [0.15, 0.2) is 6.10 Å². The number of hydrogen-bond acceptors (Lipinski definition) is 6. The Hall–Kier alpha value is -5.75. The molecule has 6 heteroatoms. The summed E-state index contributed by atoms with van der Waals surface area (Å²) >= 11 is 0. The van der Waals surface area contributed by atoms with E-state index in [-0.39, 0.29) is 31.6 Å². The van der Waals surface area contributed by atoms with Crippen LogP contribution in [0, 0.1) is 0 Å². The lowest BCUT2D eigenvalue weighted by Crippen LogP contribution is -2.30. The molecule has 0 aromatic carbocycles. The standard InChI is InChI=1S/C77H118O6/c1-4-7-10-13-16-19-22-25-27-29-31-32-33-34-35-36-37-38-39-40-41-42-43-44-46-47-49-52-55-58-61-64-67-70-76(79)82-73-74(72-81-75(78)69-66-63-60-57-54-51-24-21-18-15-12-9-6-3)83-77(80)71-68-65-62-59-56-53-50-48-45-30-28-26-23-20-17-14-11-8-5-2/h7-8,10-11,16-17,19-21,24-28,31-32,34-35,37-38,40-41,43-45,47-49,53,56,62,65,74H,4-6,9,12-15,18,22-23,29-30,33,36,39,42,46,50-52,54-55,57-61,63-64,66-73H2,1-3H3/b10-7-,11-8-,19-16-,20-17-,24-21-,27-25-,28-26-,32-31-,35-34-,38-37-,41-40-,44-43-,48-45-,49-47-,56-53-,65-62-. The maximum Gasteiger partial charge on any atom is 0.306 e. The molecule has 0 saturated carbocycles. The molecule has 1 atom stereocenters. The van der Waals surface area contributed by atoms with Crippen molar-refractivity contribution in [2.75, 3.05) is 13.2 Å². The summed E-state index contributed by atoms with van der Waals surface area (Å²) in [6.45, 7) is 6.30. The van der Waals surface area contributed by atoms with Gasteiger partial charge in [0.1, 0.15) is 13.2 Å². The molecule has 0 aliphatic carbocycles. The van der Waals surface area contributed by atoms with Gasteiger partial charge in [-0.25, -0.2) is 0 Å². The van der Waals surface area contributed by atoms with Crippen molar-refractivity contribution in [1.29, 1.82) is 0 Å². The predicted molar refractivity (Wildman–Crippen MR) is 361 cm³/mol. The van der Waals surface area contributed by atoms with E-state index in [1.54, 1.807) is 0 Å². The first kappa shape index (κ1) is 77.2. The molecule has 0 bridgehead atoms. The van der Waals surface area contributed by atoms with E-state index in [2.05, 4.69) is 203 Å². The molecule has 0 aromatic rings. The van der Waals surface area contributed by atoms with Crippen molar-refractivity contribution in [1.82, 2.24) is 0 Å². The Kier molecular flexibility index (Phi) is 64.0. The van der Waals surface area contributed by atoms with E-state index in [0.29, 0.717) is 19.3 Å². The molecule has 0 amide bonds. The van der Waals surface area contributed by atoms with E-state index in [9.17, 15) is 14.4 Å². The molecule has 0 heterocycles. The fourth-order valence-corrected chi connectivity index (χ4v) is 8.22. The molecule has 462 valence electrons. The number of carbonyl (C=O) groups is 3. The zero-order valence-corrected chi connectivity index (χ0v) is 52.9. The maximum absolute atomic E-state index is 12.9. The molecule has 0 N–H and O–H groups in total. The summed E-state index contributed by atoms with van der Waals surface area (Å²) in [4.78, 5) is 38.3. The Bertz CT molecular complexity index is 1990. The van der Waals surface area contributed by atoms with Crippen molar-refractivity contribution in [3.63, 3.8) is 0 Å². The van der Waals surface area contributed by atoms with Gasteiger partial charge in [-0.3, -0.25) is 14.4 Å². The monoisotopic (exact) mass is 1140 g/mol. The average Bonchev–Trinajstić information content (AvgIpc) is 3.49. The van der Waals surface area contributed by atoms with Gasteiger partial charge in [-0.1, -0.05) is 273 Å². The largest absolute Gasteiger partial charge is 0.462 e. The Morgan fingerprint density at radius 3 is 0.795 bits per heavy atom. The van der Waals surface area contributed by atoms with Gasteiger partial charge >= 0.3 is 17.9 Å². The molecule has 0 aromatic heterocycles. The van der Waals surface area contributed by atoms with E-state index >= 15 is 0 Å². The van der Waals surface area contributed by atoms with Crippen LogP contribution in [0.25, 0.3) is 0 Å². The molecule has 83 heavy (non-hydrogen) atoms. The van der Waals surface area contributed by atoms with Gasteiger partial charge in [0.25, 0.3) is 0 Å². The van der Waals surface area contributed by atoms with Crippen molar-refractivity contribution >= 4 is 17.9 Å². The van der Waals surface area contributed by atoms with E-state index in [4.69, 9.17) is 14.2 Å². The molecule has 1 unspecified atom stereocenters. The summed E-state index contributed by atoms with van der Waals surface area (Å²) in [7, 11) is 0. The van der Waals surface area contributed by atoms with Gasteiger partial charge in [0.2, 0.25) is 0 Å². The third-order valence-electron chi connectivity index (χ3n) is 13.1. The number of allylic oxidation sites excluding steroid dienone is 32. The lowest BCUT2D eigenvalue weighted by molar-refractivity contribution is -0.166. The molecule has 0 rings (SSSR count). The highest BCUT2D eigenvalue weighted by molar-refractivity contribution is 5.71. The Morgan fingerprint density at radius 2 is 0.494 bits per heavy atom. The summed E-state index contributed by atoms with van der Waals surface area (Å²) in [5.74, 6) is -1.05. The van der Waals surface area contributed by atoms with Crippen LogP contribution in [0.4, 0.5) is 0 Å². The van der Waals surface area contributed by atoms with Crippen LogP contribution in [0.15, 0.2) is 194 Å². The maximum atomic E-state index is 12.9. The van der Waals surface area contributed by atoms with Gasteiger partial charge in [0.05, 0.1) is 0 Å².